The van der Waals surface area contributed by atoms with Crippen LogP contribution in [-0.4, -0.2) is 44.1 Å². The van der Waals surface area contributed by atoms with Crippen LogP contribution in [0.25, 0.3) is 0 Å². The summed E-state index contributed by atoms with van der Waals surface area (Å²) >= 11 is 6.07. The van der Waals surface area contributed by atoms with Gasteiger partial charge in [-0.1, -0.05) is 11.6 Å². The molecular weight excluding hydrogens is 427 g/mol. The number of nitrogens with one attached hydrogen (secondary N) is 1. The molecule has 0 aliphatic carbocycles. The number of nitrogens with zero attached hydrogens (tertiary/aromatic N) is 2. The van der Waals surface area contributed by atoms with Crippen molar-refractivity contribution < 1.29 is 4.74 Å². The number of ether oxygens (including phenoxy) is 1. The summed E-state index contributed by atoms with van der Waals surface area (Å²) in [6.07, 6.45) is 4.92. The van der Waals surface area contributed by atoms with Crippen molar-refractivity contribution in [2.75, 3.05) is 38.6 Å². The number of likely N-dealkylation sites (tertiary alicyclic amines) is 1. The van der Waals surface area contributed by atoms with Gasteiger partial charge in [0.2, 0.25) is 0 Å². The topological polar surface area (TPSA) is 62.9 Å². The molecule has 0 spiro atoms. The Morgan fingerprint density at radius 1 is 1.35 bits per heavy atom. The van der Waals surface area contributed by atoms with Crippen molar-refractivity contribution in [2.24, 2.45) is 10.7 Å². The molecule has 1 aromatic carbocycles. The number of nitrogens with two attached hydrogens (primary N) is 1. The minimum atomic E-state index is 0. The number of hydrogen-bond donors (Lipinski definition) is 2. The average molecular weight is 453 g/mol. The molecule has 0 saturated carbocycles. The number of hydrogen-bond acceptors (Lipinski definition) is 3. The Morgan fingerprint density at radius 3 is 2.74 bits per heavy atom. The largest absolute Gasteiger partial charge is 0.495 e. The molecule has 0 atom stereocenters. The van der Waals surface area contributed by atoms with Gasteiger partial charge in [-0.3, -0.25) is 4.99 Å². The van der Waals surface area contributed by atoms with Crippen molar-refractivity contribution in [3.05, 3.63) is 23.2 Å². The van der Waals surface area contributed by atoms with Gasteiger partial charge in [-0.2, -0.15) is 0 Å². The van der Waals surface area contributed by atoms with Crippen LogP contribution in [0.15, 0.2) is 23.2 Å². The lowest BCUT2D eigenvalue weighted by Gasteiger charge is -2.13. The van der Waals surface area contributed by atoms with E-state index in [1.807, 2.05) is 6.07 Å². The quantitative estimate of drug-likeness (QED) is 0.287. The number of unbranched alkanes of at least 4 members (excludes halogenated alkanes) is 1. The summed E-state index contributed by atoms with van der Waals surface area (Å²) in [4.78, 5) is 6.86. The second-order valence-corrected chi connectivity index (χ2v) is 5.90. The van der Waals surface area contributed by atoms with E-state index in [1.165, 1.54) is 38.9 Å². The van der Waals surface area contributed by atoms with E-state index in [0.717, 1.165) is 18.7 Å². The first-order chi connectivity index (χ1) is 10.7. The number of rotatable bonds is 7. The zero-order chi connectivity index (χ0) is 15.8. The fourth-order valence-electron chi connectivity index (χ4n) is 2.58. The van der Waals surface area contributed by atoms with Gasteiger partial charge in [0.15, 0.2) is 5.96 Å². The van der Waals surface area contributed by atoms with Crippen LogP contribution in [0.3, 0.4) is 0 Å². The predicted octanol–water partition coefficient (Wildman–Crippen LogP) is 3.57. The molecule has 1 aliphatic heterocycles. The molecule has 1 saturated heterocycles. The maximum Gasteiger partial charge on any atom is 0.193 e. The zero-order valence-corrected chi connectivity index (χ0v) is 16.6. The van der Waals surface area contributed by atoms with Crippen LogP contribution in [0.2, 0.25) is 5.02 Å². The minimum Gasteiger partial charge on any atom is -0.495 e. The second kappa shape index (κ2) is 10.9. The molecular formula is C16H26ClIN4O. The summed E-state index contributed by atoms with van der Waals surface area (Å²) in [5, 5.41) is 3.59. The second-order valence-electron chi connectivity index (χ2n) is 5.50. The monoisotopic (exact) mass is 452 g/mol. The zero-order valence-electron chi connectivity index (χ0n) is 13.6. The summed E-state index contributed by atoms with van der Waals surface area (Å²) in [6.45, 7) is 4.43. The highest BCUT2D eigenvalue weighted by molar-refractivity contribution is 14.0. The molecule has 2 rings (SSSR count). The van der Waals surface area contributed by atoms with Gasteiger partial charge >= 0.3 is 0 Å². The van der Waals surface area contributed by atoms with E-state index in [9.17, 15) is 0 Å². The fraction of sp³-hybridized carbons (Fsp3) is 0.562. The normalized spacial score (nSPS) is 15.3. The molecule has 23 heavy (non-hydrogen) atoms. The molecule has 1 aromatic rings. The third-order valence-electron chi connectivity index (χ3n) is 3.79. The van der Waals surface area contributed by atoms with Gasteiger partial charge in [0, 0.05) is 12.2 Å². The van der Waals surface area contributed by atoms with Gasteiger partial charge in [-0.15, -0.1) is 24.0 Å². The summed E-state index contributed by atoms with van der Waals surface area (Å²) in [5.41, 5.74) is 6.69. The number of methoxy groups -OCH3 is 1. The van der Waals surface area contributed by atoms with E-state index in [-0.39, 0.29) is 24.0 Å². The third kappa shape index (κ3) is 7.14. The van der Waals surface area contributed by atoms with E-state index in [2.05, 4.69) is 15.2 Å². The summed E-state index contributed by atoms with van der Waals surface area (Å²) in [5.74, 6) is 1.06. The maximum atomic E-state index is 6.07. The molecule has 5 nitrogen and oxygen atoms in total. The highest BCUT2D eigenvalue weighted by Gasteiger charge is 2.09. The molecule has 1 fully saturated rings. The molecule has 7 heteroatoms. The van der Waals surface area contributed by atoms with Gasteiger partial charge < -0.3 is 20.7 Å². The number of benzene rings is 1. The standard InChI is InChI=1S/C16H25ClN4O.HI/c1-22-15-7-6-13(12-14(15)17)20-16(18)19-8-2-3-9-21-10-4-5-11-21;/h6-7,12H,2-5,8-11H2,1H3,(H3,18,19,20);1H. The first-order valence-corrected chi connectivity index (χ1v) is 8.19. The van der Waals surface area contributed by atoms with Crippen LogP contribution >= 0.6 is 35.6 Å². The Hall–Kier alpha value is -0.730. The summed E-state index contributed by atoms with van der Waals surface area (Å²) < 4.78 is 5.11. The highest BCUT2D eigenvalue weighted by Crippen LogP contribution is 2.26. The van der Waals surface area contributed by atoms with Crippen LogP contribution in [-0.2, 0) is 0 Å². The Balaban J connectivity index is 0.00000264. The molecule has 0 radical (unpaired) electrons. The first-order valence-electron chi connectivity index (χ1n) is 7.82. The lowest BCUT2D eigenvalue weighted by atomic mass is 10.3. The van der Waals surface area contributed by atoms with Crippen LogP contribution < -0.4 is 15.8 Å². The van der Waals surface area contributed by atoms with Crippen LogP contribution in [0.4, 0.5) is 5.69 Å². The number of aliphatic imine (C=N–C) groups is 1. The summed E-state index contributed by atoms with van der Waals surface area (Å²) in [6, 6.07) is 5.44. The van der Waals surface area contributed by atoms with Gasteiger partial charge in [0.1, 0.15) is 5.75 Å². The Labute approximate surface area is 160 Å². The molecule has 130 valence electrons. The van der Waals surface area contributed by atoms with Crippen molar-refractivity contribution in [1.82, 2.24) is 4.90 Å². The predicted molar refractivity (Wildman–Crippen MR) is 108 cm³/mol. The van der Waals surface area contributed by atoms with Crippen molar-refractivity contribution in [3.63, 3.8) is 0 Å². The minimum absolute atomic E-state index is 0. The molecule has 3 N–H and O–H groups in total. The Morgan fingerprint density at radius 2 is 2.09 bits per heavy atom. The van der Waals surface area contributed by atoms with Crippen LogP contribution in [0.5, 0.6) is 5.75 Å². The Bertz CT molecular complexity index is 507. The summed E-state index contributed by atoms with van der Waals surface area (Å²) in [7, 11) is 1.59. The lowest BCUT2D eigenvalue weighted by Crippen LogP contribution is -2.23. The van der Waals surface area contributed by atoms with Gasteiger partial charge in [0.25, 0.3) is 0 Å². The van der Waals surface area contributed by atoms with E-state index in [1.54, 1.807) is 19.2 Å². The molecule has 0 unspecified atom stereocenters. The SMILES string of the molecule is COc1ccc(NC(N)=NCCCCN2CCCC2)cc1Cl.I. The molecule has 1 aliphatic rings. The lowest BCUT2D eigenvalue weighted by molar-refractivity contribution is 0.331. The van der Waals surface area contributed by atoms with Crippen LogP contribution in [0, 0.1) is 0 Å². The number of guanidine groups is 1. The van der Waals surface area contributed by atoms with Crippen molar-refractivity contribution in [2.45, 2.75) is 25.7 Å². The fourth-order valence-corrected chi connectivity index (χ4v) is 2.84. The van der Waals surface area contributed by atoms with Crippen molar-refractivity contribution in [3.8, 4) is 5.75 Å². The van der Waals surface area contributed by atoms with Gasteiger partial charge in [0.05, 0.1) is 12.1 Å². The number of anilines is 1. The highest BCUT2D eigenvalue weighted by atomic mass is 127. The van der Waals surface area contributed by atoms with E-state index in [0.29, 0.717) is 16.7 Å². The van der Waals surface area contributed by atoms with Crippen LogP contribution in [0.1, 0.15) is 25.7 Å². The van der Waals surface area contributed by atoms with E-state index < -0.39 is 0 Å². The molecule has 0 aromatic heterocycles. The molecule has 1 heterocycles. The van der Waals surface area contributed by atoms with Crippen molar-refractivity contribution >= 4 is 47.2 Å². The maximum absolute atomic E-state index is 6.07. The van der Waals surface area contributed by atoms with E-state index >= 15 is 0 Å². The van der Waals surface area contributed by atoms with Crippen molar-refractivity contribution in [1.29, 1.82) is 0 Å². The smallest absolute Gasteiger partial charge is 0.193 e. The average Bonchev–Trinajstić information content (AvgIpc) is 3.00. The van der Waals surface area contributed by atoms with Gasteiger partial charge in [-0.05, 0) is 63.5 Å². The first kappa shape index (κ1) is 20.3. The van der Waals surface area contributed by atoms with Gasteiger partial charge in [-0.25, -0.2) is 0 Å². The molecule has 0 bridgehead atoms. The van der Waals surface area contributed by atoms with E-state index in [4.69, 9.17) is 22.1 Å². The Kier molecular flexibility index (Phi) is 9.66. The third-order valence-corrected chi connectivity index (χ3v) is 4.08. The molecule has 0 amide bonds. The number of halogens is 2.